The molecule has 0 aliphatic rings. The number of anilines is 2. The Labute approximate surface area is 124 Å². The number of nitrogen functional groups attached to an aromatic ring is 1. The maximum Gasteiger partial charge on any atom is 0.267 e. The number of benzene rings is 2. The quantitative estimate of drug-likeness (QED) is 0.883. The van der Waals surface area contributed by atoms with Gasteiger partial charge < -0.3 is 5.73 Å². The molecule has 0 radical (unpaired) electrons. The van der Waals surface area contributed by atoms with Gasteiger partial charge in [-0.15, -0.1) is 0 Å². The minimum Gasteiger partial charge on any atom is -0.399 e. The number of hydrogen-bond donors (Lipinski definition) is 1. The Kier molecular flexibility index (Phi) is 4.18. The molecule has 0 aliphatic carbocycles. The minimum absolute atomic E-state index is 0.194. The molecule has 21 heavy (non-hydrogen) atoms. The molecule has 2 aromatic carbocycles. The Morgan fingerprint density at radius 1 is 1.14 bits per heavy atom. The van der Waals surface area contributed by atoms with Crippen LogP contribution in [0.25, 0.3) is 0 Å². The van der Waals surface area contributed by atoms with Crippen LogP contribution in [-0.4, -0.2) is 15.0 Å². The van der Waals surface area contributed by atoms with Crippen LogP contribution in [0, 0.1) is 12.7 Å². The lowest BCUT2D eigenvalue weighted by molar-refractivity contribution is 0.564. The van der Waals surface area contributed by atoms with Crippen LogP contribution in [0.4, 0.5) is 15.8 Å². The van der Waals surface area contributed by atoms with E-state index in [9.17, 15) is 12.8 Å². The number of rotatable bonds is 4. The van der Waals surface area contributed by atoms with E-state index in [0.717, 1.165) is 22.0 Å². The molecule has 6 heteroatoms. The molecule has 0 saturated heterocycles. The van der Waals surface area contributed by atoms with E-state index in [0.29, 0.717) is 5.69 Å². The minimum atomic E-state index is -3.99. The Morgan fingerprint density at radius 2 is 1.76 bits per heavy atom. The highest BCUT2D eigenvalue weighted by Crippen LogP contribution is 2.26. The lowest BCUT2D eigenvalue weighted by Crippen LogP contribution is -2.31. The molecule has 0 fully saturated rings. The third kappa shape index (κ3) is 3.00. The molecule has 0 aliphatic heterocycles. The summed E-state index contributed by atoms with van der Waals surface area (Å²) in [6.07, 6.45) is 0. The number of sulfonamides is 1. The predicted molar refractivity (Wildman–Crippen MR) is 82.2 cm³/mol. The van der Waals surface area contributed by atoms with Crippen molar-refractivity contribution in [2.24, 2.45) is 0 Å². The smallest absolute Gasteiger partial charge is 0.267 e. The van der Waals surface area contributed by atoms with E-state index in [4.69, 9.17) is 5.73 Å². The fourth-order valence-electron chi connectivity index (χ4n) is 2.04. The standard InChI is InChI=1S/C15H17FN2O2S/c1-3-18(13-7-4-11(2)5-8-13)21(19,20)15-10-12(17)6-9-14(15)16/h4-10H,3,17H2,1-2H3. The Balaban J connectivity index is 2.54. The number of halogens is 1. The topological polar surface area (TPSA) is 63.4 Å². The summed E-state index contributed by atoms with van der Waals surface area (Å²) in [5.41, 5.74) is 7.29. The third-order valence-electron chi connectivity index (χ3n) is 3.13. The van der Waals surface area contributed by atoms with Gasteiger partial charge in [-0.3, -0.25) is 4.31 Å². The van der Waals surface area contributed by atoms with Crippen LogP contribution in [-0.2, 0) is 10.0 Å². The van der Waals surface area contributed by atoms with Gasteiger partial charge in [0.25, 0.3) is 10.0 Å². The van der Waals surface area contributed by atoms with E-state index >= 15 is 0 Å². The van der Waals surface area contributed by atoms with Crippen molar-refractivity contribution < 1.29 is 12.8 Å². The van der Waals surface area contributed by atoms with Crippen molar-refractivity contribution in [1.82, 2.24) is 0 Å². The summed E-state index contributed by atoms with van der Waals surface area (Å²) in [6, 6.07) is 10.5. The van der Waals surface area contributed by atoms with Crippen molar-refractivity contribution in [3.05, 3.63) is 53.8 Å². The molecule has 4 nitrogen and oxygen atoms in total. The fourth-order valence-corrected chi connectivity index (χ4v) is 3.61. The molecule has 0 unspecified atom stereocenters. The number of nitrogens with zero attached hydrogens (tertiary/aromatic N) is 1. The largest absolute Gasteiger partial charge is 0.399 e. The maximum atomic E-state index is 13.9. The maximum absolute atomic E-state index is 13.9. The molecule has 0 saturated carbocycles. The Hall–Kier alpha value is -2.08. The summed E-state index contributed by atoms with van der Waals surface area (Å²) in [6.45, 7) is 3.80. The second kappa shape index (κ2) is 5.73. The highest BCUT2D eigenvalue weighted by atomic mass is 32.2. The van der Waals surface area contributed by atoms with Crippen LogP contribution < -0.4 is 10.0 Å². The zero-order valence-electron chi connectivity index (χ0n) is 11.9. The van der Waals surface area contributed by atoms with Crippen molar-refractivity contribution in [3.8, 4) is 0 Å². The van der Waals surface area contributed by atoms with Crippen molar-refractivity contribution >= 4 is 21.4 Å². The number of hydrogen-bond acceptors (Lipinski definition) is 3. The Morgan fingerprint density at radius 3 is 2.33 bits per heavy atom. The first kappa shape index (κ1) is 15.3. The second-order valence-corrected chi connectivity index (χ2v) is 6.53. The van der Waals surface area contributed by atoms with Crippen molar-refractivity contribution in [2.75, 3.05) is 16.6 Å². The molecule has 0 aromatic heterocycles. The van der Waals surface area contributed by atoms with Gasteiger partial charge in [-0.1, -0.05) is 17.7 Å². The van der Waals surface area contributed by atoms with Gasteiger partial charge in [-0.2, -0.15) is 0 Å². The van der Waals surface area contributed by atoms with Gasteiger partial charge in [-0.25, -0.2) is 12.8 Å². The van der Waals surface area contributed by atoms with Crippen molar-refractivity contribution in [3.63, 3.8) is 0 Å². The van der Waals surface area contributed by atoms with Gasteiger partial charge >= 0.3 is 0 Å². The molecule has 2 rings (SSSR count). The van der Waals surface area contributed by atoms with Crippen LogP contribution in [0.3, 0.4) is 0 Å². The molecule has 2 N–H and O–H groups in total. The fraction of sp³-hybridized carbons (Fsp3) is 0.200. The van der Waals surface area contributed by atoms with E-state index in [1.807, 2.05) is 19.1 Å². The normalized spacial score (nSPS) is 11.4. The zero-order chi connectivity index (χ0) is 15.6. The lowest BCUT2D eigenvalue weighted by atomic mass is 10.2. The summed E-state index contributed by atoms with van der Waals surface area (Å²) in [7, 11) is -3.99. The first-order valence-corrected chi connectivity index (χ1v) is 7.94. The van der Waals surface area contributed by atoms with Crippen LogP contribution in [0.2, 0.25) is 0 Å². The molecule has 2 aromatic rings. The highest BCUT2D eigenvalue weighted by molar-refractivity contribution is 7.92. The van der Waals surface area contributed by atoms with Crippen LogP contribution in [0.1, 0.15) is 12.5 Å². The second-order valence-electron chi connectivity index (χ2n) is 4.70. The van der Waals surface area contributed by atoms with Gasteiger partial charge in [-0.05, 0) is 44.2 Å². The average Bonchev–Trinajstić information content (AvgIpc) is 2.44. The third-order valence-corrected chi connectivity index (χ3v) is 5.05. The SMILES string of the molecule is CCN(c1ccc(C)cc1)S(=O)(=O)c1cc(N)ccc1F. The van der Waals surface area contributed by atoms with Crippen LogP contribution in [0.15, 0.2) is 47.4 Å². The monoisotopic (exact) mass is 308 g/mol. The van der Waals surface area contributed by atoms with E-state index in [-0.39, 0.29) is 12.2 Å². The summed E-state index contributed by atoms with van der Waals surface area (Å²) in [5, 5.41) is 0. The van der Waals surface area contributed by atoms with Gasteiger partial charge in [0.15, 0.2) is 0 Å². The van der Waals surface area contributed by atoms with Crippen LogP contribution >= 0.6 is 0 Å². The summed E-state index contributed by atoms with van der Waals surface area (Å²) in [4.78, 5) is -0.412. The lowest BCUT2D eigenvalue weighted by Gasteiger charge is -2.23. The summed E-state index contributed by atoms with van der Waals surface area (Å²) < 4.78 is 40.3. The Bertz CT molecular complexity index is 743. The molecule has 0 amide bonds. The molecular weight excluding hydrogens is 291 g/mol. The van der Waals surface area contributed by atoms with Crippen molar-refractivity contribution in [2.45, 2.75) is 18.7 Å². The van der Waals surface area contributed by atoms with E-state index in [1.165, 1.54) is 6.07 Å². The average molecular weight is 308 g/mol. The first-order valence-electron chi connectivity index (χ1n) is 6.50. The van der Waals surface area contributed by atoms with E-state index < -0.39 is 20.7 Å². The van der Waals surface area contributed by atoms with Crippen molar-refractivity contribution in [1.29, 1.82) is 0 Å². The summed E-state index contributed by atoms with van der Waals surface area (Å²) in [5.74, 6) is -0.810. The van der Waals surface area contributed by atoms with Gasteiger partial charge in [0, 0.05) is 12.2 Å². The van der Waals surface area contributed by atoms with Gasteiger partial charge in [0.1, 0.15) is 10.7 Å². The molecule has 0 heterocycles. The van der Waals surface area contributed by atoms with Gasteiger partial charge in [0.2, 0.25) is 0 Å². The highest BCUT2D eigenvalue weighted by Gasteiger charge is 2.26. The summed E-state index contributed by atoms with van der Waals surface area (Å²) >= 11 is 0. The zero-order valence-corrected chi connectivity index (χ0v) is 12.7. The molecule has 0 atom stereocenters. The number of aryl methyl sites for hydroxylation is 1. The predicted octanol–water partition coefficient (Wildman–Crippen LogP) is 2.93. The first-order chi connectivity index (χ1) is 9.86. The van der Waals surface area contributed by atoms with E-state index in [1.54, 1.807) is 19.1 Å². The molecular formula is C15H17FN2O2S. The molecule has 0 spiro atoms. The molecule has 0 bridgehead atoms. The molecule has 112 valence electrons. The van der Waals surface area contributed by atoms with E-state index in [2.05, 4.69) is 0 Å². The van der Waals surface area contributed by atoms with Crippen LogP contribution in [0.5, 0.6) is 0 Å². The number of nitrogens with two attached hydrogens (primary N) is 1. The van der Waals surface area contributed by atoms with Gasteiger partial charge in [0.05, 0.1) is 5.69 Å².